The van der Waals surface area contributed by atoms with Crippen molar-refractivity contribution in [2.75, 3.05) is 38.8 Å². The molecule has 156 valence electrons. The molecule has 0 bridgehead atoms. The maximum absolute atomic E-state index is 12.6. The van der Waals surface area contributed by atoms with Crippen LogP contribution in [0.4, 0.5) is 0 Å². The van der Waals surface area contributed by atoms with E-state index in [9.17, 15) is 9.13 Å². The minimum Gasteiger partial charge on any atom is -0.311 e. The van der Waals surface area contributed by atoms with E-state index in [4.69, 9.17) is 18.1 Å². The van der Waals surface area contributed by atoms with E-state index < -0.39 is 15.2 Å². The monoisotopic (exact) mass is 413 g/mol. The van der Waals surface area contributed by atoms with E-state index in [1.165, 1.54) is 0 Å². The second kappa shape index (κ2) is 12.7. The molecule has 1 aliphatic rings. The van der Waals surface area contributed by atoms with Crippen molar-refractivity contribution in [2.24, 2.45) is 0 Å². The molecule has 0 aromatic heterocycles. The summed E-state index contributed by atoms with van der Waals surface area (Å²) < 4.78 is 46.7. The third-order valence-electron chi connectivity index (χ3n) is 4.38. The molecule has 26 heavy (non-hydrogen) atoms. The van der Waals surface area contributed by atoms with E-state index in [-0.39, 0.29) is 12.1 Å². The zero-order valence-electron chi connectivity index (χ0n) is 16.8. The second-order valence-corrected chi connectivity index (χ2v) is 10.8. The first-order valence-corrected chi connectivity index (χ1v) is 13.4. The molecule has 2 atom stereocenters. The number of nitrogens with one attached hydrogen (secondary N) is 1. The zero-order chi connectivity index (χ0) is 19.5. The molecule has 1 fully saturated rings. The highest BCUT2D eigenvalue weighted by Crippen LogP contribution is 2.50. The van der Waals surface area contributed by atoms with Crippen LogP contribution < -0.4 is 5.32 Å². The molecule has 0 amide bonds. The van der Waals surface area contributed by atoms with Crippen LogP contribution in [0.25, 0.3) is 0 Å². The fourth-order valence-corrected chi connectivity index (χ4v) is 6.81. The van der Waals surface area contributed by atoms with E-state index in [1.807, 2.05) is 27.7 Å². The predicted molar refractivity (Wildman–Crippen MR) is 105 cm³/mol. The van der Waals surface area contributed by atoms with Gasteiger partial charge in [0.25, 0.3) is 0 Å². The van der Waals surface area contributed by atoms with Crippen molar-refractivity contribution in [1.82, 2.24) is 5.32 Å². The van der Waals surface area contributed by atoms with Crippen molar-refractivity contribution in [3.05, 3.63) is 0 Å². The molecule has 0 spiro atoms. The topological polar surface area (TPSA) is 83.1 Å². The summed E-state index contributed by atoms with van der Waals surface area (Å²) in [4.78, 5) is 0. The van der Waals surface area contributed by atoms with Crippen molar-refractivity contribution in [3.63, 3.8) is 0 Å². The highest BCUT2D eigenvalue weighted by Gasteiger charge is 2.30. The van der Waals surface area contributed by atoms with E-state index in [0.717, 1.165) is 32.1 Å². The summed E-state index contributed by atoms with van der Waals surface area (Å²) in [5.41, 5.74) is 0. The molecular formula is C17H37NO6P2. The van der Waals surface area contributed by atoms with Crippen LogP contribution in [-0.2, 0) is 27.2 Å². The summed E-state index contributed by atoms with van der Waals surface area (Å²) in [6.07, 6.45) is 5.55. The van der Waals surface area contributed by atoms with Crippen LogP contribution >= 0.6 is 15.2 Å². The molecule has 0 radical (unpaired) electrons. The average Bonchev–Trinajstić information content (AvgIpc) is 2.60. The average molecular weight is 413 g/mol. The standard InChI is InChI=1S/C17H37NO6P2/c1-5-21-25(19,22-6-2)14-12-16-10-9-11-17(18-16)13-15-26(20,23-7-3)24-8-4/h16-18H,5-15H2,1-4H3/t16-,17+. The van der Waals surface area contributed by atoms with E-state index in [0.29, 0.717) is 38.8 Å². The first kappa shape index (κ1) is 24.3. The van der Waals surface area contributed by atoms with Gasteiger partial charge in [-0.3, -0.25) is 9.13 Å². The Labute approximate surface area is 159 Å². The summed E-state index contributed by atoms with van der Waals surface area (Å²) in [5.74, 6) is 0. The second-order valence-electron chi connectivity index (χ2n) is 6.41. The van der Waals surface area contributed by atoms with Crippen LogP contribution in [0.3, 0.4) is 0 Å². The van der Waals surface area contributed by atoms with Gasteiger partial charge in [-0.2, -0.15) is 0 Å². The Morgan fingerprint density at radius 1 is 0.731 bits per heavy atom. The normalized spacial score (nSPS) is 21.8. The molecule has 1 saturated heterocycles. The number of hydrogen-bond acceptors (Lipinski definition) is 7. The third-order valence-corrected chi connectivity index (χ3v) is 8.60. The molecule has 9 heteroatoms. The van der Waals surface area contributed by atoms with E-state index >= 15 is 0 Å². The van der Waals surface area contributed by atoms with Gasteiger partial charge in [0.05, 0.1) is 38.8 Å². The van der Waals surface area contributed by atoms with Crippen LogP contribution in [-0.4, -0.2) is 50.8 Å². The lowest BCUT2D eigenvalue weighted by Gasteiger charge is -2.32. The number of rotatable bonds is 14. The van der Waals surface area contributed by atoms with Gasteiger partial charge in [0.1, 0.15) is 0 Å². The SMILES string of the molecule is CCOP(=O)(CC[C@H]1CCC[C@@H](CCP(=O)(OCC)OCC)N1)OCC. The minimum atomic E-state index is -2.99. The summed E-state index contributed by atoms with van der Waals surface area (Å²) >= 11 is 0. The quantitative estimate of drug-likeness (QED) is 0.409. The summed E-state index contributed by atoms with van der Waals surface area (Å²) in [6, 6.07) is 0.558. The van der Waals surface area contributed by atoms with Crippen molar-refractivity contribution >= 4 is 15.2 Å². The predicted octanol–water partition coefficient (Wildman–Crippen LogP) is 4.81. The molecule has 0 aliphatic carbocycles. The van der Waals surface area contributed by atoms with Crippen molar-refractivity contribution in [2.45, 2.75) is 71.9 Å². The molecule has 0 saturated carbocycles. The molecule has 0 aromatic carbocycles. The summed E-state index contributed by atoms with van der Waals surface area (Å²) in [5, 5.41) is 3.60. The van der Waals surface area contributed by atoms with Gasteiger partial charge in [-0.15, -0.1) is 0 Å². The van der Waals surface area contributed by atoms with Crippen LogP contribution in [0.5, 0.6) is 0 Å². The summed E-state index contributed by atoms with van der Waals surface area (Å²) in [6.45, 7) is 8.88. The molecule has 1 rings (SSSR count). The Kier molecular flexibility index (Phi) is 11.8. The zero-order valence-corrected chi connectivity index (χ0v) is 18.6. The molecule has 1 aliphatic heterocycles. The van der Waals surface area contributed by atoms with E-state index in [1.54, 1.807) is 0 Å². The lowest BCUT2D eigenvalue weighted by atomic mass is 9.96. The van der Waals surface area contributed by atoms with Gasteiger partial charge < -0.3 is 23.4 Å². The minimum absolute atomic E-state index is 0.279. The van der Waals surface area contributed by atoms with Gasteiger partial charge in [-0.05, 0) is 53.4 Å². The Bertz CT molecular complexity index is 416. The van der Waals surface area contributed by atoms with Gasteiger partial charge >= 0.3 is 15.2 Å². The van der Waals surface area contributed by atoms with Crippen molar-refractivity contribution in [1.29, 1.82) is 0 Å². The third kappa shape index (κ3) is 8.97. The maximum Gasteiger partial charge on any atom is 0.330 e. The lowest BCUT2D eigenvalue weighted by molar-refractivity contribution is 0.214. The Balaban J connectivity index is 2.48. The molecule has 0 aromatic rings. The van der Waals surface area contributed by atoms with Gasteiger partial charge in [0.15, 0.2) is 0 Å². The fraction of sp³-hybridized carbons (Fsp3) is 1.00. The van der Waals surface area contributed by atoms with Gasteiger partial charge in [-0.25, -0.2) is 0 Å². The van der Waals surface area contributed by atoms with Crippen LogP contribution in [0, 0.1) is 0 Å². The van der Waals surface area contributed by atoms with Crippen LogP contribution in [0.15, 0.2) is 0 Å². The molecule has 1 N–H and O–H groups in total. The van der Waals surface area contributed by atoms with Crippen molar-refractivity contribution in [3.8, 4) is 0 Å². The first-order valence-electron chi connectivity index (χ1n) is 9.92. The van der Waals surface area contributed by atoms with Gasteiger partial charge in [0.2, 0.25) is 0 Å². The largest absolute Gasteiger partial charge is 0.330 e. The molecule has 7 nitrogen and oxygen atoms in total. The Morgan fingerprint density at radius 3 is 1.38 bits per heavy atom. The lowest BCUT2D eigenvalue weighted by Crippen LogP contribution is -2.43. The summed E-state index contributed by atoms with van der Waals surface area (Å²) in [7, 11) is -5.98. The molecule has 0 unspecified atom stereocenters. The fourth-order valence-electron chi connectivity index (χ4n) is 3.31. The maximum atomic E-state index is 12.6. The molecular weight excluding hydrogens is 376 g/mol. The number of piperidine rings is 1. The van der Waals surface area contributed by atoms with Crippen molar-refractivity contribution < 1.29 is 27.2 Å². The van der Waals surface area contributed by atoms with Crippen LogP contribution in [0.2, 0.25) is 0 Å². The Morgan fingerprint density at radius 2 is 1.08 bits per heavy atom. The highest BCUT2D eigenvalue weighted by molar-refractivity contribution is 7.54. The van der Waals surface area contributed by atoms with Gasteiger partial charge in [0, 0.05) is 12.1 Å². The number of hydrogen-bond donors (Lipinski definition) is 1. The first-order chi connectivity index (χ1) is 12.4. The smallest absolute Gasteiger partial charge is 0.311 e. The van der Waals surface area contributed by atoms with E-state index in [2.05, 4.69) is 5.32 Å². The molecule has 1 heterocycles. The highest BCUT2D eigenvalue weighted by atomic mass is 31.2. The van der Waals surface area contributed by atoms with Crippen LogP contribution in [0.1, 0.15) is 59.8 Å². The van der Waals surface area contributed by atoms with Gasteiger partial charge in [-0.1, -0.05) is 6.42 Å². The Hall–Kier alpha value is 0.260.